The van der Waals surface area contributed by atoms with Crippen molar-refractivity contribution in [2.24, 2.45) is 7.05 Å². The van der Waals surface area contributed by atoms with E-state index in [1.807, 2.05) is 19.1 Å². The van der Waals surface area contributed by atoms with Crippen LogP contribution in [0.3, 0.4) is 0 Å². The highest BCUT2D eigenvalue weighted by molar-refractivity contribution is 5.91. The summed E-state index contributed by atoms with van der Waals surface area (Å²) in [6.45, 7) is 1.45. The van der Waals surface area contributed by atoms with Gasteiger partial charge in [0.15, 0.2) is 5.65 Å². The third-order valence-electron chi connectivity index (χ3n) is 4.13. The molecule has 26 heavy (non-hydrogen) atoms. The number of nitrogens with zero attached hydrogens (tertiary/aromatic N) is 3. The molecule has 0 aliphatic heterocycles. The van der Waals surface area contributed by atoms with Crippen molar-refractivity contribution in [3.05, 3.63) is 62.9 Å². The lowest BCUT2D eigenvalue weighted by Crippen LogP contribution is -2.42. The van der Waals surface area contributed by atoms with Gasteiger partial charge in [0.05, 0.1) is 7.11 Å². The van der Waals surface area contributed by atoms with E-state index in [1.165, 1.54) is 31.0 Å². The van der Waals surface area contributed by atoms with E-state index in [0.29, 0.717) is 11.4 Å². The zero-order valence-electron chi connectivity index (χ0n) is 14.6. The average molecular weight is 354 g/mol. The van der Waals surface area contributed by atoms with E-state index in [0.717, 1.165) is 10.1 Å². The van der Waals surface area contributed by atoms with Crippen molar-refractivity contribution >= 4 is 22.6 Å². The van der Waals surface area contributed by atoms with Crippen molar-refractivity contribution in [1.82, 2.24) is 14.1 Å². The van der Waals surface area contributed by atoms with Gasteiger partial charge in [0, 0.05) is 18.9 Å². The summed E-state index contributed by atoms with van der Waals surface area (Å²) < 4.78 is 7.30. The lowest BCUT2D eigenvalue weighted by atomic mass is 10.2. The molecule has 8 heteroatoms. The third-order valence-corrected chi connectivity index (χ3v) is 4.13. The van der Waals surface area contributed by atoms with Crippen LogP contribution in [0.5, 0.6) is 5.75 Å². The van der Waals surface area contributed by atoms with Gasteiger partial charge in [0.1, 0.15) is 17.7 Å². The van der Waals surface area contributed by atoms with E-state index in [9.17, 15) is 14.4 Å². The number of anilines is 1. The Balaban J connectivity index is 2.05. The molecular formula is C18H18N4O4. The number of nitrogens with one attached hydrogen (secondary N) is 1. The van der Waals surface area contributed by atoms with Crippen molar-refractivity contribution < 1.29 is 9.53 Å². The second kappa shape index (κ2) is 6.83. The molecule has 0 aliphatic rings. The first kappa shape index (κ1) is 17.4. The minimum Gasteiger partial charge on any atom is -0.496 e. The minimum atomic E-state index is -0.622. The number of methoxy groups -OCH3 is 1. The molecule has 1 aromatic carbocycles. The van der Waals surface area contributed by atoms with Crippen LogP contribution in [0.4, 0.5) is 5.69 Å². The van der Waals surface area contributed by atoms with Gasteiger partial charge >= 0.3 is 5.69 Å². The number of hydrogen-bond acceptors (Lipinski definition) is 5. The Kier molecular flexibility index (Phi) is 4.57. The van der Waals surface area contributed by atoms with Gasteiger partial charge in [-0.2, -0.15) is 0 Å². The highest BCUT2D eigenvalue weighted by Crippen LogP contribution is 2.18. The quantitative estimate of drug-likeness (QED) is 0.756. The normalized spacial score (nSPS) is 10.7. The largest absolute Gasteiger partial charge is 0.496 e. The molecule has 0 saturated carbocycles. The molecule has 0 radical (unpaired) electrons. The smallest absolute Gasteiger partial charge is 0.332 e. The van der Waals surface area contributed by atoms with E-state index in [4.69, 9.17) is 4.74 Å². The van der Waals surface area contributed by atoms with Crippen LogP contribution in [0.15, 0.2) is 46.1 Å². The van der Waals surface area contributed by atoms with E-state index in [-0.39, 0.29) is 11.0 Å². The number of pyridine rings is 1. The molecule has 2 aromatic heterocycles. The number of aromatic nitrogens is 3. The summed E-state index contributed by atoms with van der Waals surface area (Å²) in [7, 11) is 2.92. The maximum absolute atomic E-state index is 12.8. The maximum Gasteiger partial charge on any atom is 0.332 e. The third kappa shape index (κ3) is 2.97. The van der Waals surface area contributed by atoms with E-state index < -0.39 is 23.7 Å². The summed E-state index contributed by atoms with van der Waals surface area (Å²) in [6, 6.07) is 8.79. The predicted octanol–water partition coefficient (Wildman–Crippen LogP) is 1.05. The summed E-state index contributed by atoms with van der Waals surface area (Å²) >= 11 is 0. The second-order valence-corrected chi connectivity index (χ2v) is 5.81. The topological polar surface area (TPSA) is 95.2 Å². The number of carbonyl (C=O) groups excluding carboxylic acids is 1. The monoisotopic (exact) mass is 354 g/mol. The molecule has 0 fully saturated rings. The number of ether oxygens (including phenoxy) is 1. The second-order valence-electron chi connectivity index (χ2n) is 5.81. The Bertz CT molecular complexity index is 1110. The molecule has 134 valence electrons. The van der Waals surface area contributed by atoms with Crippen molar-refractivity contribution in [3.8, 4) is 5.75 Å². The summed E-state index contributed by atoms with van der Waals surface area (Å²) in [5, 5.41) is 2.87. The van der Waals surface area contributed by atoms with Crippen LogP contribution >= 0.6 is 0 Å². The van der Waals surface area contributed by atoms with Crippen molar-refractivity contribution in [3.63, 3.8) is 0 Å². The van der Waals surface area contributed by atoms with Gasteiger partial charge in [-0.05, 0) is 24.6 Å². The number of aryl methyl sites for hydroxylation is 2. The van der Waals surface area contributed by atoms with Crippen molar-refractivity contribution in [1.29, 1.82) is 0 Å². The molecular weight excluding hydrogens is 336 g/mol. The Hall–Kier alpha value is -3.42. The average Bonchev–Trinajstić information content (AvgIpc) is 2.64. The number of fused-ring (bicyclic) bond motifs is 1. The van der Waals surface area contributed by atoms with E-state index in [1.54, 1.807) is 12.1 Å². The first-order valence-corrected chi connectivity index (χ1v) is 7.92. The van der Waals surface area contributed by atoms with Gasteiger partial charge in [-0.1, -0.05) is 18.2 Å². The number of amides is 1. The zero-order chi connectivity index (χ0) is 18.8. The van der Waals surface area contributed by atoms with E-state index >= 15 is 0 Å². The van der Waals surface area contributed by atoms with Gasteiger partial charge in [-0.25, -0.2) is 14.3 Å². The van der Waals surface area contributed by atoms with E-state index in [2.05, 4.69) is 10.3 Å². The lowest BCUT2D eigenvalue weighted by molar-refractivity contribution is -0.116. The standard InChI is InChI=1S/C18H18N4O4/c1-11-6-4-5-7-12(11)20-14(23)10-22-17(24)15-13(26-3)8-9-19-16(15)21(2)18(22)25/h4-9H,10H2,1-3H3,(H,20,23). The molecule has 3 rings (SSSR count). The lowest BCUT2D eigenvalue weighted by Gasteiger charge is -2.12. The summed E-state index contributed by atoms with van der Waals surface area (Å²) in [6.07, 6.45) is 1.45. The minimum absolute atomic E-state index is 0.154. The Morgan fingerprint density at radius 2 is 1.96 bits per heavy atom. The zero-order valence-corrected chi connectivity index (χ0v) is 14.6. The predicted molar refractivity (Wildman–Crippen MR) is 97.6 cm³/mol. The van der Waals surface area contributed by atoms with Crippen LogP contribution < -0.4 is 21.3 Å². The van der Waals surface area contributed by atoms with Crippen LogP contribution in [0.1, 0.15) is 5.56 Å². The van der Waals surface area contributed by atoms with Crippen LogP contribution in [0, 0.1) is 6.92 Å². The van der Waals surface area contributed by atoms with Crippen LogP contribution in [-0.2, 0) is 18.4 Å². The van der Waals surface area contributed by atoms with Crippen LogP contribution in [-0.4, -0.2) is 27.1 Å². The number of hydrogen-bond donors (Lipinski definition) is 1. The van der Waals surface area contributed by atoms with Gasteiger partial charge in [-0.15, -0.1) is 0 Å². The van der Waals surface area contributed by atoms with Crippen molar-refractivity contribution in [2.45, 2.75) is 13.5 Å². The molecule has 3 aromatic rings. The fourth-order valence-corrected chi connectivity index (χ4v) is 2.74. The molecule has 0 aliphatic carbocycles. The van der Waals surface area contributed by atoms with Gasteiger partial charge < -0.3 is 10.1 Å². The number of benzene rings is 1. The summed E-state index contributed by atoms with van der Waals surface area (Å²) in [5.74, 6) is -0.177. The SMILES string of the molecule is COc1ccnc2c1c(=O)n(CC(=O)Nc1ccccc1C)c(=O)n2C. The highest BCUT2D eigenvalue weighted by Gasteiger charge is 2.18. The molecule has 1 N–H and O–H groups in total. The Labute approximate surface area is 148 Å². The van der Waals surface area contributed by atoms with Crippen LogP contribution in [0.25, 0.3) is 11.0 Å². The molecule has 0 unspecified atom stereocenters. The number of rotatable bonds is 4. The van der Waals surface area contributed by atoms with Gasteiger partial charge in [0.2, 0.25) is 5.91 Å². The first-order valence-electron chi connectivity index (χ1n) is 7.92. The fraction of sp³-hybridized carbons (Fsp3) is 0.222. The molecule has 0 atom stereocenters. The highest BCUT2D eigenvalue weighted by atomic mass is 16.5. The van der Waals surface area contributed by atoms with Crippen LogP contribution in [0.2, 0.25) is 0 Å². The molecule has 8 nitrogen and oxygen atoms in total. The molecule has 0 bridgehead atoms. The Morgan fingerprint density at radius 1 is 1.23 bits per heavy atom. The summed E-state index contributed by atoms with van der Waals surface area (Å²) in [5.41, 5.74) is 0.471. The van der Waals surface area contributed by atoms with Crippen molar-refractivity contribution in [2.75, 3.05) is 12.4 Å². The molecule has 0 spiro atoms. The first-order chi connectivity index (χ1) is 12.4. The maximum atomic E-state index is 12.8. The molecule has 2 heterocycles. The molecule has 1 amide bonds. The number of carbonyl (C=O) groups is 1. The Morgan fingerprint density at radius 3 is 2.65 bits per heavy atom. The van der Waals surface area contributed by atoms with Gasteiger partial charge in [-0.3, -0.25) is 14.2 Å². The fourth-order valence-electron chi connectivity index (χ4n) is 2.74. The number of para-hydroxylation sites is 1. The molecule has 0 saturated heterocycles. The summed E-state index contributed by atoms with van der Waals surface area (Å²) in [4.78, 5) is 41.8. The van der Waals surface area contributed by atoms with Gasteiger partial charge in [0.25, 0.3) is 5.56 Å².